The molecular formula is C28H30FN7O2. The molecule has 0 bridgehead atoms. The minimum Gasteiger partial charge on any atom is -0.492 e. The minimum atomic E-state index is -0.498. The third-order valence-electron chi connectivity index (χ3n) is 6.53. The van der Waals surface area contributed by atoms with Crippen LogP contribution in [0.3, 0.4) is 0 Å². The lowest BCUT2D eigenvalue weighted by Crippen LogP contribution is -2.53. The predicted octanol–water partition coefficient (Wildman–Crippen LogP) is 4.85. The predicted molar refractivity (Wildman–Crippen MR) is 148 cm³/mol. The molecule has 0 unspecified atom stereocenters. The molecule has 1 aliphatic rings. The Morgan fingerprint density at radius 1 is 1.26 bits per heavy atom. The molecular weight excluding hydrogens is 485 g/mol. The van der Waals surface area contributed by atoms with Gasteiger partial charge in [-0.3, -0.25) is 9.67 Å². The molecule has 38 heavy (non-hydrogen) atoms. The van der Waals surface area contributed by atoms with Crippen molar-refractivity contribution in [3.63, 3.8) is 0 Å². The van der Waals surface area contributed by atoms with E-state index >= 15 is 4.39 Å². The van der Waals surface area contributed by atoms with Crippen molar-refractivity contribution in [1.82, 2.24) is 24.6 Å². The van der Waals surface area contributed by atoms with Crippen LogP contribution in [0.15, 0.2) is 54.6 Å². The van der Waals surface area contributed by atoms with Gasteiger partial charge in [0, 0.05) is 30.9 Å². The van der Waals surface area contributed by atoms with Crippen LogP contribution in [0.5, 0.6) is 5.75 Å². The highest BCUT2D eigenvalue weighted by atomic mass is 19.1. The van der Waals surface area contributed by atoms with Crippen molar-refractivity contribution < 1.29 is 13.9 Å². The quantitative estimate of drug-likeness (QED) is 0.302. The number of ether oxygens (including phenoxy) is 2. The standard InChI is InChI=1S/C28H30FN7O2/c1-6-20-21(30-2)7-8-22(26(20)29)34-27-25-23(31-17-32-27)9-18(19-11-33-36(5)12-19)10-24(25)38-16-28(13-35(3)4)14-37-15-28/h6-12,17H,1-2,13-16H2,3-5H3,(H,31,32,34). The first-order valence-electron chi connectivity index (χ1n) is 12.1. The number of nitrogens with one attached hydrogen (secondary N) is 1. The van der Waals surface area contributed by atoms with Gasteiger partial charge in [-0.2, -0.15) is 5.10 Å². The van der Waals surface area contributed by atoms with Crippen LogP contribution in [0.2, 0.25) is 0 Å². The van der Waals surface area contributed by atoms with E-state index in [9.17, 15) is 0 Å². The average Bonchev–Trinajstić information content (AvgIpc) is 3.32. The summed E-state index contributed by atoms with van der Waals surface area (Å²) in [6.45, 7) is 9.73. The summed E-state index contributed by atoms with van der Waals surface area (Å²) in [4.78, 5) is 15.0. The molecule has 1 saturated heterocycles. The van der Waals surface area contributed by atoms with Crippen LogP contribution in [0, 0.1) is 11.2 Å². The number of aryl methyl sites for hydroxylation is 1. The van der Waals surface area contributed by atoms with E-state index in [0.29, 0.717) is 48.0 Å². The second-order valence-corrected chi connectivity index (χ2v) is 9.86. The highest BCUT2D eigenvalue weighted by Gasteiger charge is 2.40. The Morgan fingerprint density at radius 3 is 2.71 bits per heavy atom. The van der Waals surface area contributed by atoms with Gasteiger partial charge in [0.2, 0.25) is 0 Å². The molecule has 1 fully saturated rings. The minimum absolute atomic E-state index is 0.123. The summed E-state index contributed by atoms with van der Waals surface area (Å²) < 4.78 is 29.1. The van der Waals surface area contributed by atoms with Gasteiger partial charge in [-0.05, 0) is 50.6 Å². The van der Waals surface area contributed by atoms with E-state index in [-0.39, 0.29) is 16.7 Å². The third-order valence-corrected chi connectivity index (χ3v) is 6.53. The number of anilines is 2. The summed E-state index contributed by atoms with van der Waals surface area (Å²) in [5.41, 5.74) is 3.26. The number of halogens is 1. The maximum atomic E-state index is 15.3. The number of aromatic nitrogens is 4. The molecule has 1 aliphatic heterocycles. The van der Waals surface area contributed by atoms with Gasteiger partial charge >= 0.3 is 0 Å². The smallest absolute Gasteiger partial charge is 0.156 e. The van der Waals surface area contributed by atoms with Crippen LogP contribution in [0.1, 0.15) is 5.56 Å². The van der Waals surface area contributed by atoms with Crippen molar-refractivity contribution >= 4 is 40.9 Å². The van der Waals surface area contributed by atoms with Crippen molar-refractivity contribution in [2.24, 2.45) is 17.5 Å². The monoisotopic (exact) mass is 515 g/mol. The summed E-state index contributed by atoms with van der Waals surface area (Å²) in [6.07, 6.45) is 6.59. The van der Waals surface area contributed by atoms with Crippen LogP contribution in [0.25, 0.3) is 28.1 Å². The van der Waals surface area contributed by atoms with E-state index in [2.05, 4.69) is 43.6 Å². The summed E-state index contributed by atoms with van der Waals surface area (Å²) in [5, 5.41) is 8.08. The van der Waals surface area contributed by atoms with Gasteiger partial charge < -0.3 is 19.7 Å². The van der Waals surface area contributed by atoms with Gasteiger partial charge in [0.15, 0.2) is 5.82 Å². The highest BCUT2D eigenvalue weighted by molar-refractivity contribution is 5.98. The lowest BCUT2D eigenvalue weighted by atomic mass is 9.86. The van der Waals surface area contributed by atoms with E-state index < -0.39 is 5.82 Å². The Kier molecular flexibility index (Phi) is 6.92. The molecule has 0 atom stereocenters. The Morgan fingerprint density at radius 2 is 2.08 bits per heavy atom. The van der Waals surface area contributed by atoms with Crippen molar-refractivity contribution in [2.45, 2.75) is 0 Å². The molecule has 10 heteroatoms. The molecule has 1 N–H and O–H groups in total. The van der Waals surface area contributed by atoms with E-state index in [1.165, 1.54) is 12.4 Å². The topological polar surface area (TPSA) is 89.7 Å². The van der Waals surface area contributed by atoms with Crippen LogP contribution < -0.4 is 10.1 Å². The lowest BCUT2D eigenvalue weighted by molar-refractivity contribution is -0.139. The Balaban J connectivity index is 1.60. The highest BCUT2D eigenvalue weighted by Crippen LogP contribution is 2.39. The van der Waals surface area contributed by atoms with Gasteiger partial charge in [-0.25, -0.2) is 14.4 Å². The second-order valence-electron chi connectivity index (χ2n) is 9.86. The number of aliphatic imine (C=N–C) groups is 1. The number of benzene rings is 2. The van der Waals surface area contributed by atoms with Crippen LogP contribution in [0.4, 0.5) is 21.6 Å². The molecule has 3 heterocycles. The van der Waals surface area contributed by atoms with E-state index in [4.69, 9.17) is 9.47 Å². The van der Waals surface area contributed by atoms with E-state index in [1.54, 1.807) is 23.0 Å². The number of nitrogens with zero attached hydrogens (tertiary/aromatic N) is 6. The lowest BCUT2D eigenvalue weighted by Gasteiger charge is -2.42. The van der Waals surface area contributed by atoms with Gasteiger partial charge in [0.25, 0.3) is 0 Å². The van der Waals surface area contributed by atoms with Gasteiger partial charge in [0.05, 0.1) is 53.7 Å². The first-order valence-corrected chi connectivity index (χ1v) is 12.1. The van der Waals surface area contributed by atoms with Crippen LogP contribution in [-0.4, -0.2) is 71.8 Å². The molecule has 0 aliphatic carbocycles. The normalized spacial score (nSPS) is 14.3. The Bertz CT molecular complexity index is 1510. The zero-order chi connectivity index (χ0) is 26.9. The number of rotatable bonds is 10. The molecule has 5 rings (SSSR count). The SMILES string of the molecule is C=Cc1c(N=C)ccc(Nc2ncnc3cc(-c4cnn(C)c4)cc(OCC4(CN(C)C)COC4)c23)c1F. The zero-order valence-electron chi connectivity index (χ0n) is 21.7. The first kappa shape index (κ1) is 25.5. The molecule has 0 radical (unpaired) electrons. The summed E-state index contributed by atoms with van der Waals surface area (Å²) in [7, 11) is 5.94. The van der Waals surface area contributed by atoms with Crippen molar-refractivity contribution in [1.29, 1.82) is 0 Å². The fraction of sp³-hybridized carbons (Fsp3) is 0.286. The first-order chi connectivity index (χ1) is 18.3. The zero-order valence-corrected chi connectivity index (χ0v) is 21.7. The van der Waals surface area contributed by atoms with Gasteiger partial charge in [-0.1, -0.05) is 12.7 Å². The Labute approximate surface area is 220 Å². The van der Waals surface area contributed by atoms with Crippen LogP contribution in [-0.2, 0) is 11.8 Å². The van der Waals surface area contributed by atoms with Crippen molar-refractivity contribution in [3.8, 4) is 16.9 Å². The van der Waals surface area contributed by atoms with Crippen molar-refractivity contribution in [2.75, 3.05) is 45.8 Å². The van der Waals surface area contributed by atoms with Gasteiger partial charge in [0.1, 0.15) is 17.9 Å². The molecule has 0 saturated carbocycles. The summed E-state index contributed by atoms with van der Waals surface area (Å²) >= 11 is 0. The number of fused-ring (bicyclic) bond motifs is 1. The molecule has 2 aromatic carbocycles. The Hall–Kier alpha value is -4.15. The number of hydrogen-bond donors (Lipinski definition) is 1. The average molecular weight is 516 g/mol. The van der Waals surface area contributed by atoms with Crippen LogP contribution >= 0.6 is 0 Å². The molecule has 4 aromatic rings. The molecule has 9 nitrogen and oxygen atoms in total. The van der Waals surface area contributed by atoms with Crippen molar-refractivity contribution in [3.05, 3.63) is 60.9 Å². The third kappa shape index (κ3) is 4.88. The fourth-order valence-corrected chi connectivity index (χ4v) is 4.75. The maximum absolute atomic E-state index is 15.3. The summed E-state index contributed by atoms with van der Waals surface area (Å²) in [5.74, 6) is 0.508. The van der Waals surface area contributed by atoms with Gasteiger partial charge in [-0.15, -0.1) is 0 Å². The van der Waals surface area contributed by atoms with E-state index in [0.717, 1.165) is 17.7 Å². The summed E-state index contributed by atoms with van der Waals surface area (Å²) in [6, 6.07) is 7.18. The molecule has 2 aromatic heterocycles. The second kappa shape index (κ2) is 10.3. The largest absolute Gasteiger partial charge is 0.492 e. The molecule has 196 valence electrons. The fourth-order valence-electron chi connectivity index (χ4n) is 4.75. The van der Waals surface area contributed by atoms with E-state index in [1.807, 2.05) is 39.5 Å². The number of hydrogen-bond acceptors (Lipinski definition) is 8. The molecule has 0 amide bonds. The maximum Gasteiger partial charge on any atom is 0.156 e. The molecule has 0 spiro atoms.